The largest absolute Gasteiger partial charge is 0.378 e. The molecule has 3 N–H and O–H groups in total. The topological polar surface area (TPSA) is 129 Å². The number of benzene rings is 1. The van der Waals surface area contributed by atoms with Crippen LogP contribution in [0.1, 0.15) is 22.8 Å². The third-order valence-corrected chi connectivity index (χ3v) is 8.11. The monoisotopic (exact) mass is 574 g/mol. The van der Waals surface area contributed by atoms with Crippen LogP contribution in [0.3, 0.4) is 0 Å². The van der Waals surface area contributed by atoms with Crippen molar-refractivity contribution in [1.82, 2.24) is 29.7 Å². The number of nitrogens with two attached hydrogens (primary N) is 1. The summed E-state index contributed by atoms with van der Waals surface area (Å²) in [6.45, 7) is 9.82. The van der Waals surface area contributed by atoms with E-state index >= 15 is 0 Å². The van der Waals surface area contributed by atoms with E-state index in [1.807, 2.05) is 34.1 Å². The maximum Gasteiger partial charge on any atom is 0.253 e. The first-order chi connectivity index (χ1) is 20.0. The quantitative estimate of drug-likeness (QED) is 0.432. The fraction of sp³-hybridized carbons (Fsp3) is 0.429. The molecule has 0 spiro atoms. The molecule has 3 aliphatic rings. The van der Waals surface area contributed by atoms with Crippen molar-refractivity contribution in [2.24, 2.45) is 0 Å². The van der Waals surface area contributed by atoms with Gasteiger partial charge in [0.2, 0.25) is 11.9 Å². The number of fused-ring (bicyclic) bond motifs is 1. The predicted molar refractivity (Wildman–Crippen MR) is 162 cm³/mol. The van der Waals surface area contributed by atoms with E-state index in [0.717, 1.165) is 67.5 Å². The number of hydrogen-bond donors (Lipinski definition) is 2. The standard InChI is InChI=1S/C28H34N10O2S/c1-2-35-9-11-36(12-10-35)25(39)19-3-5-21(6-4-19)32-28(41)38-8-7-22-23(20-17-30-26(29)31-18-20)33-27(34-24(22)38)37-13-15-40-16-14-37/h3-6,17-18H,2,7-16H2,1H3,(H,32,41)(H2,29,30,31). The zero-order valence-corrected chi connectivity index (χ0v) is 23.9. The van der Waals surface area contributed by atoms with Gasteiger partial charge in [-0.2, -0.15) is 4.98 Å². The SMILES string of the molecule is CCN1CCN(C(=O)c2ccc(NC(=S)N3CCc4c(-c5cnc(N)nc5)nc(N5CCOCC5)nc43)cc2)CC1. The van der Waals surface area contributed by atoms with Gasteiger partial charge in [-0.3, -0.25) is 4.79 Å². The van der Waals surface area contributed by atoms with Crippen LogP contribution in [0.2, 0.25) is 0 Å². The van der Waals surface area contributed by atoms with Gasteiger partial charge in [0.05, 0.1) is 18.9 Å². The van der Waals surface area contributed by atoms with Crippen LogP contribution in [0.5, 0.6) is 0 Å². The Hall–Kier alpha value is -3.94. The van der Waals surface area contributed by atoms with E-state index in [2.05, 4.69) is 32.0 Å². The minimum absolute atomic E-state index is 0.0647. The molecule has 3 aromatic rings. The molecule has 0 bridgehead atoms. The molecule has 2 saturated heterocycles. The van der Waals surface area contributed by atoms with Crippen molar-refractivity contribution in [2.45, 2.75) is 13.3 Å². The first-order valence-corrected chi connectivity index (χ1v) is 14.4. The van der Waals surface area contributed by atoms with Crippen LogP contribution in [0.25, 0.3) is 11.3 Å². The Bertz CT molecular complexity index is 1400. The van der Waals surface area contributed by atoms with E-state index in [1.165, 1.54) is 0 Å². The number of carbonyl (C=O) groups is 1. The third-order valence-electron chi connectivity index (χ3n) is 7.79. The number of nitrogen functional groups attached to an aromatic ring is 1. The van der Waals surface area contributed by atoms with Gasteiger partial charge >= 0.3 is 0 Å². The highest BCUT2D eigenvalue weighted by Gasteiger charge is 2.30. The molecule has 0 atom stereocenters. The molecular weight excluding hydrogens is 540 g/mol. The lowest BCUT2D eigenvalue weighted by atomic mass is 10.1. The van der Waals surface area contributed by atoms with Crippen molar-refractivity contribution in [1.29, 1.82) is 0 Å². The van der Waals surface area contributed by atoms with Gasteiger partial charge in [0.1, 0.15) is 5.82 Å². The number of hydrogen-bond acceptors (Lipinski definition) is 10. The average molecular weight is 575 g/mol. The predicted octanol–water partition coefficient (Wildman–Crippen LogP) is 1.89. The van der Waals surface area contributed by atoms with E-state index in [1.54, 1.807) is 12.4 Å². The van der Waals surface area contributed by atoms with Gasteiger partial charge in [-0.05, 0) is 49.4 Å². The van der Waals surface area contributed by atoms with E-state index < -0.39 is 0 Å². The normalized spacial score (nSPS) is 17.4. The number of thiocarbonyl (C=S) groups is 1. The number of amides is 1. The second-order valence-electron chi connectivity index (χ2n) is 10.2. The molecule has 1 aromatic carbocycles. The van der Waals surface area contributed by atoms with Gasteiger partial charge < -0.3 is 35.4 Å². The van der Waals surface area contributed by atoms with Gasteiger partial charge in [0, 0.05) is 80.6 Å². The van der Waals surface area contributed by atoms with Crippen molar-refractivity contribution in [2.75, 3.05) is 86.4 Å². The van der Waals surface area contributed by atoms with Crippen molar-refractivity contribution in [3.63, 3.8) is 0 Å². The summed E-state index contributed by atoms with van der Waals surface area (Å²) in [6, 6.07) is 7.51. The molecular formula is C28H34N10O2S. The van der Waals surface area contributed by atoms with E-state index in [0.29, 0.717) is 49.5 Å². The molecule has 0 saturated carbocycles. The number of nitrogens with one attached hydrogen (secondary N) is 1. The summed E-state index contributed by atoms with van der Waals surface area (Å²) in [6.07, 6.45) is 4.11. The van der Waals surface area contributed by atoms with E-state index in [-0.39, 0.29) is 11.9 Å². The Morgan fingerprint density at radius 2 is 1.71 bits per heavy atom. The minimum atomic E-state index is 0.0647. The molecule has 0 aliphatic carbocycles. The highest BCUT2D eigenvalue weighted by molar-refractivity contribution is 7.80. The van der Waals surface area contributed by atoms with Crippen LogP contribution in [-0.4, -0.2) is 106 Å². The fourth-order valence-corrected chi connectivity index (χ4v) is 5.68. The first kappa shape index (κ1) is 27.2. The molecule has 0 radical (unpaired) electrons. The lowest BCUT2D eigenvalue weighted by molar-refractivity contribution is 0.0643. The van der Waals surface area contributed by atoms with Crippen LogP contribution in [0.4, 0.5) is 23.4 Å². The number of nitrogens with zero attached hydrogens (tertiary/aromatic N) is 8. The number of morpholine rings is 1. The summed E-state index contributed by atoms with van der Waals surface area (Å²) in [7, 11) is 0. The number of likely N-dealkylation sites (N-methyl/N-ethyl adjacent to an activating group) is 1. The molecule has 5 heterocycles. The summed E-state index contributed by atoms with van der Waals surface area (Å²) in [5.41, 5.74) is 9.78. The Morgan fingerprint density at radius 3 is 2.39 bits per heavy atom. The summed E-state index contributed by atoms with van der Waals surface area (Å²) in [5, 5.41) is 3.87. The molecule has 2 fully saturated rings. The van der Waals surface area contributed by atoms with Crippen molar-refractivity contribution in [3.8, 4) is 11.3 Å². The fourth-order valence-electron chi connectivity index (χ4n) is 5.38. The zero-order valence-electron chi connectivity index (χ0n) is 23.1. The lowest BCUT2D eigenvalue weighted by Crippen LogP contribution is -2.48. The van der Waals surface area contributed by atoms with Gasteiger partial charge in [0.25, 0.3) is 5.91 Å². The van der Waals surface area contributed by atoms with Crippen LogP contribution in [-0.2, 0) is 11.2 Å². The summed E-state index contributed by atoms with van der Waals surface area (Å²) < 4.78 is 5.54. The maximum absolute atomic E-state index is 13.0. The second-order valence-corrected chi connectivity index (χ2v) is 10.6. The van der Waals surface area contributed by atoms with E-state index in [9.17, 15) is 4.79 Å². The zero-order chi connectivity index (χ0) is 28.3. The van der Waals surface area contributed by atoms with Crippen LogP contribution in [0.15, 0.2) is 36.7 Å². The summed E-state index contributed by atoms with van der Waals surface area (Å²) in [5.74, 6) is 1.67. The number of piperazine rings is 1. The molecule has 214 valence electrons. The third kappa shape index (κ3) is 5.78. The molecule has 0 unspecified atom stereocenters. The highest BCUT2D eigenvalue weighted by Crippen LogP contribution is 2.36. The summed E-state index contributed by atoms with van der Waals surface area (Å²) >= 11 is 5.86. The molecule has 13 heteroatoms. The van der Waals surface area contributed by atoms with Crippen molar-refractivity contribution < 1.29 is 9.53 Å². The Morgan fingerprint density at radius 1 is 1.00 bits per heavy atom. The smallest absolute Gasteiger partial charge is 0.253 e. The lowest BCUT2D eigenvalue weighted by Gasteiger charge is -2.34. The first-order valence-electron chi connectivity index (χ1n) is 14.0. The Labute approximate surface area is 244 Å². The molecule has 1 amide bonds. The van der Waals surface area contributed by atoms with Gasteiger partial charge in [-0.25, -0.2) is 15.0 Å². The summed E-state index contributed by atoms with van der Waals surface area (Å²) in [4.78, 5) is 39.7. The minimum Gasteiger partial charge on any atom is -0.378 e. The van der Waals surface area contributed by atoms with Crippen LogP contribution in [0, 0.1) is 0 Å². The van der Waals surface area contributed by atoms with Crippen molar-refractivity contribution in [3.05, 3.63) is 47.8 Å². The Balaban J connectivity index is 1.21. The Kier molecular flexibility index (Phi) is 7.90. The molecule has 6 rings (SSSR count). The van der Waals surface area contributed by atoms with E-state index in [4.69, 9.17) is 32.7 Å². The van der Waals surface area contributed by atoms with Crippen LogP contribution >= 0.6 is 12.2 Å². The highest BCUT2D eigenvalue weighted by atomic mass is 32.1. The van der Waals surface area contributed by atoms with Crippen molar-refractivity contribution >= 4 is 46.6 Å². The van der Waals surface area contributed by atoms with Gasteiger partial charge in [-0.1, -0.05) is 6.92 Å². The number of aromatic nitrogens is 4. The molecule has 3 aliphatic heterocycles. The number of ether oxygens (including phenoxy) is 1. The molecule has 41 heavy (non-hydrogen) atoms. The average Bonchev–Trinajstić information content (AvgIpc) is 3.46. The molecule has 12 nitrogen and oxygen atoms in total. The van der Waals surface area contributed by atoms with Crippen LogP contribution < -0.4 is 20.9 Å². The van der Waals surface area contributed by atoms with Gasteiger partial charge in [0.15, 0.2) is 5.11 Å². The maximum atomic E-state index is 13.0. The number of carbonyl (C=O) groups excluding carboxylic acids is 1. The van der Waals surface area contributed by atoms with Gasteiger partial charge in [-0.15, -0.1) is 0 Å². The number of anilines is 4. The number of rotatable bonds is 5. The second kappa shape index (κ2) is 11.9. The molecule has 2 aromatic heterocycles.